The van der Waals surface area contributed by atoms with Crippen LogP contribution in [-0.4, -0.2) is 42.5 Å². The summed E-state index contributed by atoms with van der Waals surface area (Å²) in [5.41, 5.74) is 0. The lowest BCUT2D eigenvalue weighted by molar-refractivity contribution is -0.137. The van der Waals surface area contributed by atoms with Crippen molar-refractivity contribution in [2.75, 3.05) is 19.7 Å². The number of morpholine rings is 1. The maximum atomic E-state index is 11.8. The molecule has 0 aromatic carbocycles. The molecule has 0 aliphatic carbocycles. The number of hydrogen-bond donors (Lipinski definition) is 0. The summed E-state index contributed by atoms with van der Waals surface area (Å²) in [5, 5.41) is 0. The largest absolute Gasteiger partial charge is 0.368 e. The highest BCUT2D eigenvalue weighted by Crippen LogP contribution is 2.11. The first-order valence-corrected chi connectivity index (χ1v) is 5.93. The predicted octanol–water partition coefficient (Wildman–Crippen LogP) is 1.47. The van der Waals surface area contributed by atoms with Gasteiger partial charge in [-0.15, -0.1) is 11.8 Å². The van der Waals surface area contributed by atoms with Gasteiger partial charge in [-0.05, 0) is 20.8 Å². The van der Waals surface area contributed by atoms with Crippen LogP contribution in [0.3, 0.4) is 0 Å². The molecule has 0 aromatic rings. The lowest BCUT2D eigenvalue weighted by Gasteiger charge is -2.34. The molecule has 0 spiro atoms. The Labute approximate surface area is 98.1 Å². The van der Waals surface area contributed by atoms with Crippen LogP contribution in [0.5, 0.6) is 0 Å². The summed E-state index contributed by atoms with van der Waals surface area (Å²) in [6.07, 6.45) is 0.920. The van der Waals surface area contributed by atoms with E-state index in [1.54, 1.807) is 6.92 Å². The Hall–Kier alpha value is -0.850. The van der Waals surface area contributed by atoms with E-state index in [1.165, 1.54) is 0 Å². The molecule has 1 aliphatic rings. The summed E-state index contributed by atoms with van der Waals surface area (Å²) in [6.45, 7) is 8.41. The molecular weight excluding hydrogens is 202 g/mol. The van der Waals surface area contributed by atoms with Gasteiger partial charge in [0.1, 0.15) is 6.10 Å². The van der Waals surface area contributed by atoms with Crippen LogP contribution in [0, 0.1) is 11.8 Å². The van der Waals surface area contributed by atoms with Crippen molar-refractivity contribution in [2.45, 2.75) is 45.8 Å². The van der Waals surface area contributed by atoms with Crippen LogP contribution in [0.1, 0.15) is 33.6 Å². The topological polar surface area (TPSA) is 29.5 Å². The molecule has 1 rings (SSSR count). The standard InChI is InChI=1S/C13H21NO2/c1-4-5-6-7-12(15)13-10-14(11(2)3)8-9-16-13/h11,13H,6-10H2,1-3H3. The zero-order chi connectivity index (χ0) is 12.0. The van der Waals surface area contributed by atoms with E-state index in [4.69, 9.17) is 4.74 Å². The minimum absolute atomic E-state index is 0.188. The Morgan fingerprint density at radius 2 is 2.31 bits per heavy atom. The molecule has 0 bridgehead atoms. The second kappa shape index (κ2) is 6.67. The smallest absolute Gasteiger partial charge is 0.163 e. The first kappa shape index (κ1) is 13.2. The maximum Gasteiger partial charge on any atom is 0.163 e. The van der Waals surface area contributed by atoms with Gasteiger partial charge >= 0.3 is 0 Å². The van der Waals surface area contributed by atoms with E-state index in [1.807, 2.05) is 0 Å². The zero-order valence-corrected chi connectivity index (χ0v) is 10.5. The van der Waals surface area contributed by atoms with E-state index < -0.39 is 0 Å². The van der Waals surface area contributed by atoms with Crippen LogP contribution in [0.2, 0.25) is 0 Å². The van der Waals surface area contributed by atoms with Gasteiger partial charge in [-0.2, -0.15) is 0 Å². The molecule has 3 heteroatoms. The molecule has 0 aromatic heterocycles. The van der Waals surface area contributed by atoms with Crippen molar-refractivity contribution in [2.24, 2.45) is 0 Å². The molecule has 1 unspecified atom stereocenters. The van der Waals surface area contributed by atoms with Gasteiger partial charge < -0.3 is 4.74 Å². The van der Waals surface area contributed by atoms with Crippen LogP contribution in [-0.2, 0) is 9.53 Å². The molecule has 1 fully saturated rings. The highest BCUT2D eigenvalue weighted by molar-refractivity contribution is 5.83. The summed E-state index contributed by atoms with van der Waals surface area (Å²) in [6, 6.07) is 0.481. The van der Waals surface area contributed by atoms with Crippen molar-refractivity contribution < 1.29 is 9.53 Å². The first-order valence-electron chi connectivity index (χ1n) is 5.93. The number of hydrogen-bond acceptors (Lipinski definition) is 3. The summed E-state index contributed by atoms with van der Waals surface area (Å²) >= 11 is 0. The van der Waals surface area contributed by atoms with E-state index >= 15 is 0 Å². The van der Waals surface area contributed by atoms with Crippen molar-refractivity contribution in [3.63, 3.8) is 0 Å². The van der Waals surface area contributed by atoms with Gasteiger partial charge in [-0.25, -0.2) is 0 Å². The number of carbonyl (C=O) groups is 1. The molecular formula is C13H21NO2. The summed E-state index contributed by atoms with van der Waals surface area (Å²) in [4.78, 5) is 14.1. The van der Waals surface area contributed by atoms with Crippen LogP contribution in [0.15, 0.2) is 0 Å². The third-order valence-electron chi connectivity index (χ3n) is 2.86. The third kappa shape index (κ3) is 3.96. The van der Waals surface area contributed by atoms with E-state index in [0.29, 0.717) is 25.5 Å². The number of nitrogens with zero attached hydrogens (tertiary/aromatic N) is 1. The average Bonchev–Trinajstić information content (AvgIpc) is 2.29. The number of Topliss-reactive ketones (excluding diaryl/α,β-unsaturated/α-hetero) is 1. The van der Waals surface area contributed by atoms with Crippen molar-refractivity contribution in [1.82, 2.24) is 4.90 Å². The van der Waals surface area contributed by atoms with Crippen molar-refractivity contribution in [1.29, 1.82) is 0 Å². The Bertz CT molecular complexity index is 288. The normalized spacial score (nSPS) is 21.6. The molecule has 1 saturated heterocycles. The maximum absolute atomic E-state index is 11.8. The molecule has 90 valence electrons. The second-order valence-electron chi connectivity index (χ2n) is 4.34. The highest BCUT2D eigenvalue weighted by Gasteiger charge is 2.26. The Balaban J connectivity index is 2.39. The van der Waals surface area contributed by atoms with Crippen molar-refractivity contribution in [3.8, 4) is 11.8 Å². The lowest BCUT2D eigenvalue weighted by atomic mass is 10.1. The molecule has 1 aliphatic heterocycles. The molecule has 16 heavy (non-hydrogen) atoms. The first-order chi connectivity index (χ1) is 7.65. The summed E-state index contributed by atoms with van der Waals surface area (Å²) in [7, 11) is 0. The van der Waals surface area contributed by atoms with Gasteiger partial charge in [-0.3, -0.25) is 9.69 Å². The summed E-state index contributed by atoms with van der Waals surface area (Å²) in [5.74, 6) is 5.90. The monoisotopic (exact) mass is 223 g/mol. The zero-order valence-electron chi connectivity index (χ0n) is 10.5. The minimum atomic E-state index is -0.241. The fraction of sp³-hybridized carbons (Fsp3) is 0.769. The van der Waals surface area contributed by atoms with E-state index in [2.05, 4.69) is 30.6 Å². The fourth-order valence-electron chi connectivity index (χ4n) is 1.80. The Kier molecular flexibility index (Phi) is 5.51. The van der Waals surface area contributed by atoms with Gasteiger partial charge in [0.05, 0.1) is 6.61 Å². The molecule has 1 atom stereocenters. The highest BCUT2D eigenvalue weighted by atomic mass is 16.5. The van der Waals surface area contributed by atoms with Crippen LogP contribution in [0.4, 0.5) is 0 Å². The van der Waals surface area contributed by atoms with Gasteiger partial charge in [-0.1, -0.05) is 0 Å². The van der Waals surface area contributed by atoms with Crippen LogP contribution in [0.25, 0.3) is 0 Å². The number of rotatable bonds is 4. The molecule has 3 nitrogen and oxygen atoms in total. The molecule has 0 amide bonds. The third-order valence-corrected chi connectivity index (χ3v) is 2.86. The van der Waals surface area contributed by atoms with Crippen molar-refractivity contribution in [3.05, 3.63) is 0 Å². The number of carbonyl (C=O) groups excluding carboxylic acids is 1. The van der Waals surface area contributed by atoms with Gasteiger partial charge in [0, 0.05) is 32.0 Å². The number of ether oxygens (including phenoxy) is 1. The van der Waals surface area contributed by atoms with Gasteiger partial charge in [0.15, 0.2) is 5.78 Å². The SMILES string of the molecule is CC#CCCC(=O)C1CN(C(C)C)CCO1. The summed E-state index contributed by atoms with van der Waals surface area (Å²) < 4.78 is 5.51. The molecule has 0 N–H and O–H groups in total. The molecule has 0 radical (unpaired) electrons. The quantitative estimate of drug-likeness (QED) is 0.676. The minimum Gasteiger partial charge on any atom is -0.368 e. The predicted molar refractivity (Wildman–Crippen MR) is 64.1 cm³/mol. The second-order valence-corrected chi connectivity index (χ2v) is 4.34. The fourth-order valence-corrected chi connectivity index (χ4v) is 1.80. The van der Waals surface area contributed by atoms with Crippen LogP contribution < -0.4 is 0 Å². The Morgan fingerprint density at radius 1 is 1.56 bits per heavy atom. The molecule has 1 heterocycles. The Morgan fingerprint density at radius 3 is 2.94 bits per heavy atom. The van der Waals surface area contributed by atoms with Gasteiger partial charge in [0.25, 0.3) is 0 Å². The lowest BCUT2D eigenvalue weighted by Crippen LogP contribution is -2.48. The molecule has 0 saturated carbocycles. The van der Waals surface area contributed by atoms with Crippen molar-refractivity contribution >= 4 is 5.78 Å². The number of ketones is 1. The average molecular weight is 223 g/mol. The van der Waals surface area contributed by atoms with E-state index in [9.17, 15) is 4.79 Å². The van der Waals surface area contributed by atoms with Crippen LogP contribution >= 0.6 is 0 Å². The van der Waals surface area contributed by atoms with E-state index in [-0.39, 0.29) is 11.9 Å². The van der Waals surface area contributed by atoms with E-state index in [0.717, 1.165) is 13.1 Å². The van der Waals surface area contributed by atoms with Gasteiger partial charge in [0.2, 0.25) is 0 Å².